The summed E-state index contributed by atoms with van der Waals surface area (Å²) in [7, 11) is 0. The number of imidazole rings is 1. The van der Waals surface area contributed by atoms with Crippen LogP contribution in [-0.4, -0.2) is 57.0 Å². The van der Waals surface area contributed by atoms with E-state index in [-0.39, 0.29) is 22.7 Å². The third-order valence-corrected chi connectivity index (χ3v) is 11.7. The van der Waals surface area contributed by atoms with Crippen LogP contribution in [0.4, 0.5) is 0 Å². The van der Waals surface area contributed by atoms with E-state index in [0.717, 1.165) is 64.6 Å². The minimum atomic E-state index is -0.898. The smallest absolute Gasteiger partial charge is 0.379 e. The zero-order valence-corrected chi connectivity index (χ0v) is 34.4. The van der Waals surface area contributed by atoms with Gasteiger partial charge < -0.3 is 14.5 Å². The van der Waals surface area contributed by atoms with Gasteiger partial charge in [-0.25, -0.2) is 9.48 Å². The highest BCUT2D eigenvalue weighted by molar-refractivity contribution is 5.90. The summed E-state index contributed by atoms with van der Waals surface area (Å²) >= 11 is 0. The maximum absolute atomic E-state index is 14.0. The van der Waals surface area contributed by atoms with Crippen molar-refractivity contribution in [2.75, 3.05) is 0 Å². The van der Waals surface area contributed by atoms with E-state index in [1.807, 2.05) is 76.5 Å². The van der Waals surface area contributed by atoms with Gasteiger partial charge in [-0.2, -0.15) is 4.98 Å². The standard InChI is InChI=1S/C49H51N7O3/c1-6-19-42-50-45(57)43(46(58)59-56-47(2,3)32-18-33-48(56,4)5)54(42)34-35-28-30-36(31-29-35)40-26-16-17-27-41(40)44-51-52-53-55(44)49(37-20-10-7-11-21-37,38-22-12-8-13-23-38)39-24-14-9-15-25-39/h7-17,20-31,57H,6,18-19,32-34H2,1-5H3. The SMILES string of the molecule is CCCc1nc(O)c(C(=O)ON2C(C)(C)CCCC2(C)C)n1Cc1ccc(-c2ccccc2-c2nnnn2C(c2ccccc2)(c2ccccc2)c2ccccc2)cc1. The Morgan fingerprint density at radius 1 is 0.729 bits per heavy atom. The molecule has 10 heteroatoms. The number of benzene rings is 5. The van der Waals surface area contributed by atoms with E-state index >= 15 is 0 Å². The van der Waals surface area contributed by atoms with Gasteiger partial charge in [0.05, 0.1) is 11.1 Å². The number of hydroxylamine groups is 2. The van der Waals surface area contributed by atoms with Crippen molar-refractivity contribution in [2.45, 2.75) is 89.9 Å². The fraction of sp³-hybridized carbons (Fsp3) is 0.286. The number of rotatable bonds is 12. The van der Waals surface area contributed by atoms with Crippen LogP contribution in [0.5, 0.6) is 5.88 Å². The molecule has 300 valence electrons. The second kappa shape index (κ2) is 16.1. The molecule has 0 bridgehead atoms. The van der Waals surface area contributed by atoms with Gasteiger partial charge in [0.1, 0.15) is 11.4 Å². The molecule has 0 amide bonds. The van der Waals surface area contributed by atoms with E-state index in [0.29, 0.717) is 24.6 Å². The number of aromatic hydroxyl groups is 1. The van der Waals surface area contributed by atoms with Crippen molar-refractivity contribution >= 4 is 5.97 Å². The Hall–Kier alpha value is -6.39. The van der Waals surface area contributed by atoms with Crippen molar-refractivity contribution in [1.29, 1.82) is 0 Å². The normalized spacial score (nSPS) is 15.2. The van der Waals surface area contributed by atoms with Crippen molar-refractivity contribution in [3.63, 3.8) is 0 Å². The van der Waals surface area contributed by atoms with Gasteiger partial charge in [-0.3, -0.25) is 0 Å². The number of carbonyl (C=O) groups excluding carboxylic acids is 1. The van der Waals surface area contributed by atoms with Gasteiger partial charge in [0.2, 0.25) is 5.88 Å². The molecule has 0 radical (unpaired) electrons. The van der Waals surface area contributed by atoms with Crippen LogP contribution in [0.2, 0.25) is 0 Å². The number of hydrogen-bond donors (Lipinski definition) is 1. The molecule has 1 aliphatic rings. The summed E-state index contributed by atoms with van der Waals surface area (Å²) in [5.41, 5.74) is 5.26. The fourth-order valence-corrected chi connectivity index (χ4v) is 9.01. The molecule has 1 fully saturated rings. The average molecular weight is 786 g/mol. The molecule has 8 rings (SSSR count). The van der Waals surface area contributed by atoms with E-state index in [1.165, 1.54) is 0 Å². The summed E-state index contributed by atoms with van der Waals surface area (Å²) in [4.78, 5) is 24.6. The molecule has 1 saturated heterocycles. The third kappa shape index (κ3) is 7.33. The highest BCUT2D eigenvalue weighted by atomic mass is 16.7. The molecule has 0 saturated carbocycles. The predicted molar refractivity (Wildman–Crippen MR) is 230 cm³/mol. The summed E-state index contributed by atoms with van der Waals surface area (Å²) in [6, 6.07) is 47.6. The molecule has 0 atom stereocenters. The van der Waals surface area contributed by atoms with Gasteiger partial charge in [0, 0.05) is 18.5 Å². The lowest BCUT2D eigenvalue weighted by Gasteiger charge is -2.50. The molecular weight excluding hydrogens is 735 g/mol. The quantitative estimate of drug-likeness (QED) is 0.122. The number of piperidine rings is 1. The van der Waals surface area contributed by atoms with Crippen LogP contribution >= 0.6 is 0 Å². The number of aryl methyl sites for hydroxylation is 1. The van der Waals surface area contributed by atoms with E-state index in [4.69, 9.17) is 15.1 Å². The molecule has 5 aromatic carbocycles. The van der Waals surface area contributed by atoms with Crippen molar-refractivity contribution in [1.82, 2.24) is 34.8 Å². The second-order valence-electron chi connectivity index (χ2n) is 16.7. The molecule has 0 unspecified atom stereocenters. The molecule has 3 heterocycles. The molecule has 7 aromatic rings. The lowest BCUT2D eigenvalue weighted by atomic mass is 9.77. The van der Waals surface area contributed by atoms with Crippen LogP contribution in [0.25, 0.3) is 22.5 Å². The average Bonchev–Trinajstić information content (AvgIpc) is 3.85. The Balaban J connectivity index is 1.17. The second-order valence-corrected chi connectivity index (χ2v) is 16.7. The van der Waals surface area contributed by atoms with Crippen LogP contribution in [-0.2, 0) is 23.3 Å². The van der Waals surface area contributed by atoms with Crippen molar-refractivity contribution < 1.29 is 14.7 Å². The summed E-state index contributed by atoms with van der Waals surface area (Å²) in [5.74, 6) is 0.324. The first-order valence-corrected chi connectivity index (χ1v) is 20.5. The molecular formula is C49H51N7O3. The first-order valence-electron chi connectivity index (χ1n) is 20.5. The van der Waals surface area contributed by atoms with Gasteiger partial charge in [0.25, 0.3) is 0 Å². The Bertz CT molecular complexity index is 2420. The minimum Gasteiger partial charge on any atom is -0.492 e. The Labute approximate surface area is 346 Å². The Morgan fingerprint density at radius 3 is 1.80 bits per heavy atom. The largest absolute Gasteiger partial charge is 0.492 e. The van der Waals surface area contributed by atoms with E-state index in [2.05, 4.69) is 118 Å². The molecule has 59 heavy (non-hydrogen) atoms. The van der Waals surface area contributed by atoms with Crippen molar-refractivity contribution in [3.8, 4) is 28.4 Å². The van der Waals surface area contributed by atoms with Gasteiger partial charge in [0.15, 0.2) is 11.5 Å². The maximum Gasteiger partial charge on any atom is 0.379 e. The maximum atomic E-state index is 14.0. The molecule has 1 aliphatic heterocycles. The van der Waals surface area contributed by atoms with Crippen molar-refractivity contribution in [2.24, 2.45) is 0 Å². The molecule has 0 spiro atoms. The lowest BCUT2D eigenvalue weighted by Crippen LogP contribution is -2.58. The monoisotopic (exact) mass is 785 g/mol. The fourth-order valence-electron chi connectivity index (χ4n) is 9.01. The number of carbonyl (C=O) groups is 1. The van der Waals surface area contributed by atoms with Crippen LogP contribution in [0.15, 0.2) is 140 Å². The summed E-state index contributed by atoms with van der Waals surface area (Å²) in [5, 5.41) is 26.8. The molecule has 2 aromatic heterocycles. The van der Waals surface area contributed by atoms with Gasteiger partial charge >= 0.3 is 5.97 Å². The summed E-state index contributed by atoms with van der Waals surface area (Å²) < 4.78 is 3.76. The summed E-state index contributed by atoms with van der Waals surface area (Å²) in [6.07, 6.45) is 4.23. The third-order valence-electron chi connectivity index (χ3n) is 11.7. The van der Waals surface area contributed by atoms with E-state index in [1.54, 1.807) is 4.57 Å². The number of nitrogens with zero attached hydrogens (tertiary/aromatic N) is 7. The molecule has 0 aliphatic carbocycles. The van der Waals surface area contributed by atoms with Gasteiger partial charge in [-0.05, 0) is 97.2 Å². The zero-order chi connectivity index (χ0) is 41.2. The number of aromatic nitrogens is 6. The highest BCUT2D eigenvalue weighted by Crippen LogP contribution is 2.44. The predicted octanol–water partition coefficient (Wildman–Crippen LogP) is 9.87. The van der Waals surface area contributed by atoms with E-state index in [9.17, 15) is 9.90 Å². The topological polar surface area (TPSA) is 111 Å². The van der Waals surface area contributed by atoms with Crippen LogP contribution in [0.3, 0.4) is 0 Å². The number of hydrogen-bond acceptors (Lipinski definition) is 8. The van der Waals surface area contributed by atoms with Crippen LogP contribution in [0, 0.1) is 0 Å². The molecule has 1 N–H and O–H groups in total. The highest BCUT2D eigenvalue weighted by Gasteiger charge is 2.45. The Morgan fingerprint density at radius 2 is 1.25 bits per heavy atom. The van der Waals surface area contributed by atoms with Crippen LogP contribution in [0.1, 0.15) is 98.9 Å². The van der Waals surface area contributed by atoms with E-state index < -0.39 is 11.5 Å². The first-order chi connectivity index (χ1) is 28.5. The van der Waals surface area contributed by atoms with Crippen LogP contribution < -0.4 is 0 Å². The lowest BCUT2D eigenvalue weighted by molar-refractivity contribution is -0.241. The van der Waals surface area contributed by atoms with Crippen molar-refractivity contribution in [3.05, 3.63) is 173 Å². The number of tetrazole rings is 1. The first kappa shape index (κ1) is 39.4. The zero-order valence-electron chi connectivity index (χ0n) is 34.4. The minimum absolute atomic E-state index is 0.0608. The van der Waals surface area contributed by atoms with Gasteiger partial charge in [-0.1, -0.05) is 146 Å². The Kier molecular flexibility index (Phi) is 10.8. The summed E-state index contributed by atoms with van der Waals surface area (Å²) in [6.45, 7) is 10.7. The molecule has 10 nitrogen and oxygen atoms in total. The van der Waals surface area contributed by atoms with Gasteiger partial charge in [-0.15, -0.1) is 10.2 Å².